The van der Waals surface area contributed by atoms with Gasteiger partial charge in [-0.25, -0.2) is 0 Å². The van der Waals surface area contributed by atoms with Gasteiger partial charge in [0, 0.05) is 23.8 Å². The Hall–Kier alpha value is -1.55. The van der Waals surface area contributed by atoms with Crippen molar-refractivity contribution in [2.24, 2.45) is 11.7 Å². The van der Waals surface area contributed by atoms with Crippen LogP contribution in [0, 0.1) is 5.92 Å². The van der Waals surface area contributed by atoms with E-state index in [0.29, 0.717) is 23.2 Å². The van der Waals surface area contributed by atoms with Crippen LogP contribution in [-0.4, -0.2) is 24.8 Å². The first-order valence-electron chi connectivity index (χ1n) is 6.33. The largest absolute Gasteiger partial charge is 0.369 e. The van der Waals surface area contributed by atoms with Gasteiger partial charge in [0.05, 0.1) is 10.9 Å². The van der Waals surface area contributed by atoms with E-state index in [4.69, 9.17) is 17.3 Å². The van der Waals surface area contributed by atoms with Gasteiger partial charge in [0.1, 0.15) is 0 Å². The Labute approximate surface area is 117 Å². The van der Waals surface area contributed by atoms with Crippen molar-refractivity contribution in [1.29, 1.82) is 0 Å². The van der Waals surface area contributed by atoms with Crippen LogP contribution in [0.4, 0.5) is 5.69 Å². The maximum atomic E-state index is 11.3. The summed E-state index contributed by atoms with van der Waals surface area (Å²) in [6, 6.07) is 5.65. The minimum Gasteiger partial charge on any atom is -0.369 e. The molecule has 102 valence electrons. The van der Waals surface area contributed by atoms with Gasteiger partial charge >= 0.3 is 0 Å². The standard InChI is InChI=1S/C14H17ClN2O2/c1-9-2-3-10(14(16)19)7-17(9)12-5-4-11(8-18)13(15)6-12/h4-6,8-10H,2-3,7H2,1H3,(H2,16,19). The van der Waals surface area contributed by atoms with E-state index in [1.165, 1.54) is 0 Å². The molecular formula is C14H17ClN2O2. The number of primary amides is 1. The normalized spacial score (nSPS) is 23.2. The Morgan fingerprint density at radius 2 is 2.21 bits per heavy atom. The second-order valence-corrected chi connectivity index (χ2v) is 5.41. The van der Waals surface area contributed by atoms with Crippen LogP contribution >= 0.6 is 11.6 Å². The van der Waals surface area contributed by atoms with Crippen molar-refractivity contribution in [2.75, 3.05) is 11.4 Å². The Balaban J connectivity index is 2.25. The molecule has 2 unspecified atom stereocenters. The highest BCUT2D eigenvalue weighted by molar-refractivity contribution is 6.33. The lowest BCUT2D eigenvalue weighted by atomic mass is 9.92. The van der Waals surface area contributed by atoms with E-state index >= 15 is 0 Å². The van der Waals surface area contributed by atoms with E-state index in [-0.39, 0.29) is 11.8 Å². The van der Waals surface area contributed by atoms with Gasteiger partial charge in [-0.05, 0) is 38.0 Å². The van der Waals surface area contributed by atoms with Crippen LogP contribution in [0.3, 0.4) is 0 Å². The third-order valence-corrected chi connectivity index (χ3v) is 4.05. The Morgan fingerprint density at radius 3 is 2.79 bits per heavy atom. The monoisotopic (exact) mass is 280 g/mol. The molecule has 0 spiro atoms. The van der Waals surface area contributed by atoms with Crippen molar-refractivity contribution in [3.05, 3.63) is 28.8 Å². The number of carbonyl (C=O) groups is 2. The van der Waals surface area contributed by atoms with Gasteiger partial charge in [-0.2, -0.15) is 0 Å². The fourth-order valence-corrected chi connectivity index (χ4v) is 2.71. The van der Waals surface area contributed by atoms with Gasteiger partial charge in [-0.15, -0.1) is 0 Å². The zero-order chi connectivity index (χ0) is 14.0. The number of anilines is 1. The summed E-state index contributed by atoms with van der Waals surface area (Å²) in [5, 5.41) is 0.431. The molecule has 2 atom stereocenters. The quantitative estimate of drug-likeness (QED) is 0.864. The number of benzene rings is 1. The average Bonchev–Trinajstić information content (AvgIpc) is 2.38. The highest BCUT2D eigenvalue weighted by Gasteiger charge is 2.28. The molecule has 1 aliphatic heterocycles. The van der Waals surface area contributed by atoms with Crippen LogP contribution < -0.4 is 10.6 Å². The first-order chi connectivity index (χ1) is 9.02. The molecule has 1 amide bonds. The van der Waals surface area contributed by atoms with Gasteiger partial charge < -0.3 is 10.6 Å². The highest BCUT2D eigenvalue weighted by atomic mass is 35.5. The van der Waals surface area contributed by atoms with E-state index in [0.717, 1.165) is 24.8 Å². The average molecular weight is 281 g/mol. The predicted molar refractivity (Wildman–Crippen MR) is 75.6 cm³/mol. The molecule has 2 N–H and O–H groups in total. The van der Waals surface area contributed by atoms with Crippen molar-refractivity contribution in [1.82, 2.24) is 0 Å². The summed E-state index contributed by atoms with van der Waals surface area (Å²) in [5.41, 5.74) is 6.79. The molecule has 1 aliphatic rings. The lowest BCUT2D eigenvalue weighted by Crippen LogP contribution is -2.45. The molecule has 5 heteroatoms. The fourth-order valence-electron chi connectivity index (χ4n) is 2.49. The summed E-state index contributed by atoms with van der Waals surface area (Å²) in [6.45, 7) is 2.71. The topological polar surface area (TPSA) is 63.4 Å². The third-order valence-electron chi connectivity index (χ3n) is 3.73. The first kappa shape index (κ1) is 13.9. The second kappa shape index (κ2) is 5.61. The van der Waals surface area contributed by atoms with Gasteiger partial charge in [-0.1, -0.05) is 11.6 Å². The summed E-state index contributed by atoms with van der Waals surface area (Å²) in [6.07, 6.45) is 2.48. The summed E-state index contributed by atoms with van der Waals surface area (Å²) < 4.78 is 0. The molecule has 1 saturated heterocycles. The van der Waals surface area contributed by atoms with Crippen molar-refractivity contribution < 1.29 is 9.59 Å². The van der Waals surface area contributed by atoms with Crippen LogP contribution in [0.15, 0.2) is 18.2 Å². The van der Waals surface area contributed by atoms with Gasteiger partial charge in [0.2, 0.25) is 5.91 Å². The van der Waals surface area contributed by atoms with Gasteiger partial charge in [0.15, 0.2) is 6.29 Å². The van der Waals surface area contributed by atoms with Crippen molar-refractivity contribution >= 4 is 29.5 Å². The number of amides is 1. The molecule has 1 aromatic rings. The predicted octanol–water partition coefficient (Wildman–Crippen LogP) is 2.24. The molecule has 19 heavy (non-hydrogen) atoms. The highest BCUT2D eigenvalue weighted by Crippen LogP contribution is 2.30. The molecule has 0 aromatic heterocycles. The number of hydrogen-bond acceptors (Lipinski definition) is 3. The molecule has 0 aliphatic carbocycles. The van der Waals surface area contributed by atoms with Crippen LogP contribution in [0.1, 0.15) is 30.1 Å². The molecule has 0 radical (unpaired) electrons. The van der Waals surface area contributed by atoms with E-state index in [9.17, 15) is 9.59 Å². The van der Waals surface area contributed by atoms with Crippen molar-refractivity contribution in [3.63, 3.8) is 0 Å². The van der Waals surface area contributed by atoms with Crippen molar-refractivity contribution in [2.45, 2.75) is 25.8 Å². The molecule has 4 nitrogen and oxygen atoms in total. The summed E-state index contributed by atoms with van der Waals surface area (Å²) in [7, 11) is 0. The lowest BCUT2D eigenvalue weighted by molar-refractivity contribution is -0.122. The molecule has 0 bridgehead atoms. The summed E-state index contributed by atoms with van der Waals surface area (Å²) in [5.74, 6) is -0.381. The molecule has 1 fully saturated rings. The van der Waals surface area contributed by atoms with E-state index < -0.39 is 0 Å². The Morgan fingerprint density at radius 1 is 1.47 bits per heavy atom. The number of piperidine rings is 1. The molecule has 2 rings (SSSR count). The maximum Gasteiger partial charge on any atom is 0.222 e. The van der Waals surface area contributed by atoms with Gasteiger partial charge in [-0.3, -0.25) is 9.59 Å². The zero-order valence-electron chi connectivity index (χ0n) is 10.8. The zero-order valence-corrected chi connectivity index (χ0v) is 11.6. The van der Waals surface area contributed by atoms with Gasteiger partial charge in [0.25, 0.3) is 0 Å². The smallest absolute Gasteiger partial charge is 0.222 e. The van der Waals surface area contributed by atoms with E-state index in [1.807, 2.05) is 6.07 Å². The minimum absolute atomic E-state index is 0.124. The number of hydrogen-bond donors (Lipinski definition) is 1. The van der Waals surface area contributed by atoms with Crippen LogP contribution in [0.2, 0.25) is 5.02 Å². The van der Waals surface area contributed by atoms with E-state index in [1.54, 1.807) is 12.1 Å². The molecule has 1 heterocycles. The first-order valence-corrected chi connectivity index (χ1v) is 6.71. The number of carbonyl (C=O) groups excluding carboxylic acids is 2. The number of nitrogens with zero attached hydrogens (tertiary/aromatic N) is 1. The summed E-state index contributed by atoms with van der Waals surface area (Å²) in [4.78, 5) is 24.2. The molecule has 0 saturated carbocycles. The Kier molecular flexibility index (Phi) is 4.10. The number of rotatable bonds is 3. The lowest BCUT2D eigenvalue weighted by Gasteiger charge is -2.38. The second-order valence-electron chi connectivity index (χ2n) is 5.00. The summed E-state index contributed by atoms with van der Waals surface area (Å²) >= 11 is 6.05. The van der Waals surface area contributed by atoms with Crippen LogP contribution in [-0.2, 0) is 4.79 Å². The SMILES string of the molecule is CC1CCC(C(N)=O)CN1c1ccc(C=O)c(Cl)c1. The van der Waals surface area contributed by atoms with Crippen LogP contribution in [0.25, 0.3) is 0 Å². The molecular weight excluding hydrogens is 264 g/mol. The fraction of sp³-hybridized carbons (Fsp3) is 0.429. The third kappa shape index (κ3) is 2.89. The van der Waals surface area contributed by atoms with E-state index in [2.05, 4.69) is 11.8 Å². The minimum atomic E-state index is -0.257. The van der Waals surface area contributed by atoms with Crippen LogP contribution in [0.5, 0.6) is 0 Å². The Bertz CT molecular complexity index is 504. The maximum absolute atomic E-state index is 11.3. The number of nitrogens with two attached hydrogens (primary N) is 1. The molecule has 1 aromatic carbocycles. The number of aldehydes is 1. The number of halogens is 1. The van der Waals surface area contributed by atoms with Crippen molar-refractivity contribution in [3.8, 4) is 0 Å².